The molecule has 4 aromatic rings. The molecule has 0 aliphatic carbocycles. The predicted molar refractivity (Wildman–Crippen MR) is 150 cm³/mol. The van der Waals surface area contributed by atoms with Gasteiger partial charge in [-0.1, -0.05) is 29.8 Å². The fourth-order valence-corrected chi connectivity index (χ4v) is 4.38. The summed E-state index contributed by atoms with van der Waals surface area (Å²) >= 11 is 6.12. The highest BCUT2D eigenvalue weighted by molar-refractivity contribution is 6.29. The van der Waals surface area contributed by atoms with E-state index in [1.54, 1.807) is 40.0 Å². The maximum absolute atomic E-state index is 12.9. The first kappa shape index (κ1) is 26.9. The number of anilines is 1. The van der Waals surface area contributed by atoms with Gasteiger partial charge in [0, 0.05) is 17.0 Å². The van der Waals surface area contributed by atoms with Crippen molar-refractivity contribution < 1.29 is 14.3 Å². The zero-order valence-corrected chi connectivity index (χ0v) is 23.0. The topological polar surface area (TPSA) is 97.1 Å². The van der Waals surface area contributed by atoms with Crippen molar-refractivity contribution in [2.24, 2.45) is 0 Å². The zero-order valence-electron chi connectivity index (χ0n) is 22.2. The Balaban J connectivity index is 1.79. The Morgan fingerprint density at radius 1 is 1.08 bits per heavy atom. The second-order valence-corrected chi connectivity index (χ2v) is 10.4. The Hall–Kier alpha value is -4.15. The number of esters is 1. The molecule has 38 heavy (non-hydrogen) atoms. The van der Waals surface area contributed by atoms with Crippen LogP contribution in [0.5, 0.6) is 5.75 Å². The summed E-state index contributed by atoms with van der Waals surface area (Å²) in [5.41, 5.74) is 4.52. The Morgan fingerprint density at radius 3 is 2.42 bits per heavy atom. The number of nitrogens with zero attached hydrogens (tertiary/aromatic N) is 3. The van der Waals surface area contributed by atoms with E-state index < -0.39 is 11.6 Å². The van der Waals surface area contributed by atoms with Crippen molar-refractivity contribution in [3.63, 3.8) is 0 Å². The SMILES string of the molecule is COc1ccc(-c2cc3c(C(C)Nc4ccc(Cl)nc4C(=O)OC(C)(C)C)cc(C)cc3nc2C#N)cc1. The number of aryl methyl sites for hydroxylation is 1. The maximum atomic E-state index is 12.9. The van der Waals surface area contributed by atoms with E-state index in [-0.39, 0.29) is 16.9 Å². The number of carbonyl (C=O) groups is 1. The number of methoxy groups -OCH3 is 1. The quantitative estimate of drug-likeness (QED) is 0.207. The van der Waals surface area contributed by atoms with Gasteiger partial charge in [0.15, 0.2) is 5.69 Å². The standard InChI is InChI=1S/C30H29ClN4O3/c1-17-13-21(18(2)33-24-11-12-27(31)35-28(24)29(36)38-30(3,4)5)23-15-22(26(16-32)34-25(23)14-17)19-7-9-20(37-6)10-8-19/h7-15,18,33H,1-6H3. The summed E-state index contributed by atoms with van der Waals surface area (Å²) in [6, 6.07) is 18.9. The van der Waals surface area contributed by atoms with Gasteiger partial charge in [-0.15, -0.1) is 0 Å². The highest BCUT2D eigenvalue weighted by Crippen LogP contribution is 2.34. The molecule has 0 spiro atoms. The molecule has 0 bridgehead atoms. The number of nitriles is 1. The summed E-state index contributed by atoms with van der Waals surface area (Å²) < 4.78 is 10.8. The van der Waals surface area contributed by atoms with Crippen LogP contribution < -0.4 is 10.1 Å². The fourth-order valence-electron chi connectivity index (χ4n) is 4.23. The Bertz CT molecular complexity index is 1550. The third kappa shape index (κ3) is 5.87. The van der Waals surface area contributed by atoms with Gasteiger partial charge in [-0.2, -0.15) is 5.26 Å². The average Bonchev–Trinajstić information content (AvgIpc) is 2.87. The normalized spacial score (nSPS) is 12.1. The van der Waals surface area contributed by atoms with Gasteiger partial charge in [0.1, 0.15) is 28.3 Å². The lowest BCUT2D eigenvalue weighted by atomic mass is 9.95. The second-order valence-electron chi connectivity index (χ2n) is 10.0. The van der Waals surface area contributed by atoms with Crippen molar-refractivity contribution in [1.82, 2.24) is 9.97 Å². The smallest absolute Gasteiger partial charge is 0.359 e. The minimum atomic E-state index is -0.682. The van der Waals surface area contributed by atoms with Crippen LogP contribution in [0.2, 0.25) is 5.15 Å². The maximum Gasteiger partial charge on any atom is 0.359 e. The van der Waals surface area contributed by atoms with Gasteiger partial charge < -0.3 is 14.8 Å². The van der Waals surface area contributed by atoms with Gasteiger partial charge in [-0.3, -0.25) is 0 Å². The molecule has 1 N–H and O–H groups in total. The van der Waals surface area contributed by atoms with Crippen molar-refractivity contribution >= 4 is 34.2 Å². The van der Waals surface area contributed by atoms with Gasteiger partial charge in [-0.25, -0.2) is 14.8 Å². The molecule has 0 saturated carbocycles. The van der Waals surface area contributed by atoms with E-state index in [2.05, 4.69) is 22.4 Å². The lowest BCUT2D eigenvalue weighted by Crippen LogP contribution is -2.25. The molecule has 0 amide bonds. The lowest BCUT2D eigenvalue weighted by molar-refractivity contribution is 0.00640. The Kier molecular flexibility index (Phi) is 7.56. The Labute approximate surface area is 227 Å². The summed E-state index contributed by atoms with van der Waals surface area (Å²) in [5, 5.41) is 14.4. The van der Waals surface area contributed by atoms with E-state index in [1.165, 1.54) is 0 Å². The first-order valence-corrected chi connectivity index (χ1v) is 12.5. The minimum Gasteiger partial charge on any atom is -0.497 e. The van der Waals surface area contributed by atoms with Crippen LogP contribution in [-0.4, -0.2) is 28.6 Å². The molecule has 8 heteroatoms. The Morgan fingerprint density at radius 2 is 1.79 bits per heavy atom. The van der Waals surface area contributed by atoms with Gasteiger partial charge in [0.2, 0.25) is 0 Å². The number of halogens is 1. The molecule has 2 heterocycles. The number of benzene rings is 2. The summed E-state index contributed by atoms with van der Waals surface area (Å²) in [7, 11) is 1.61. The third-order valence-electron chi connectivity index (χ3n) is 5.91. The molecule has 2 aromatic carbocycles. The molecule has 0 aliphatic heterocycles. The van der Waals surface area contributed by atoms with Crippen LogP contribution >= 0.6 is 11.6 Å². The van der Waals surface area contributed by atoms with Crippen molar-refractivity contribution in [1.29, 1.82) is 5.26 Å². The summed E-state index contributed by atoms with van der Waals surface area (Å²) in [6.45, 7) is 9.37. The first-order valence-electron chi connectivity index (χ1n) is 12.2. The molecule has 0 aliphatic rings. The van der Waals surface area contributed by atoms with Crippen LogP contribution in [-0.2, 0) is 4.74 Å². The number of pyridine rings is 2. The fraction of sp³-hybridized carbons (Fsp3) is 0.267. The molecule has 1 unspecified atom stereocenters. The predicted octanol–water partition coefficient (Wildman–Crippen LogP) is 7.27. The van der Waals surface area contributed by atoms with E-state index in [0.29, 0.717) is 16.9 Å². The van der Waals surface area contributed by atoms with E-state index in [0.717, 1.165) is 33.4 Å². The number of nitrogens with one attached hydrogen (secondary N) is 1. The van der Waals surface area contributed by atoms with E-state index in [1.807, 2.05) is 50.2 Å². The number of aromatic nitrogens is 2. The van der Waals surface area contributed by atoms with Crippen LogP contribution in [0.1, 0.15) is 61.0 Å². The van der Waals surface area contributed by atoms with Gasteiger partial charge in [-0.05, 0) is 87.7 Å². The number of hydrogen-bond acceptors (Lipinski definition) is 7. The first-order chi connectivity index (χ1) is 18.0. The van der Waals surface area contributed by atoms with Crippen LogP contribution in [0.15, 0.2) is 54.6 Å². The van der Waals surface area contributed by atoms with Crippen LogP contribution in [0.4, 0.5) is 5.69 Å². The highest BCUT2D eigenvalue weighted by Gasteiger charge is 2.24. The molecule has 1 atom stereocenters. The number of hydrogen-bond donors (Lipinski definition) is 1. The molecule has 0 radical (unpaired) electrons. The second kappa shape index (κ2) is 10.7. The van der Waals surface area contributed by atoms with Gasteiger partial charge >= 0.3 is 5.97 Å². The minimum absolute atomic E-state index is 0.111. The molecule has 2 aromatic heterocycles. The van der Waals surface area contributed by atoms with Crippen LogP contribution in [0.25, 0.3) is 22.0 Å². The number of ether oxygens (including phenoxy) is 2. The summed E-state index contributed by atoms with van der Waals surface area (Å²) in [6.07, 6.45) is 0. The van der Waals surface area contributed by atoms with Gasteiger partial charge in [0.05, 0.1) is 18.3 Å². The highest BCUT2D eigenvalue weighted by atomic mass is 35.5. The number of carbonyl (C=O) groups excluding carboxylic acids is 1. The van der Waals surface area contributed by atoms with Crippen molar-refractivity contribution in [2.45, 2.75) is 46.3 Å². The van der Waals surface area contributed by atoms with Crippen molar-refractivity contribution in [2.75, 3.05) is 12.4 Å². The largest absolute Gasteiger partial charge is 0.497 e. The molecular weight excluding hydrogens is 500 g/mol. The molecular formula is C30H29ClN4O3. The van der Waals surface area contributed by atoms with Crippen molar-refractivity contribution in [3.8, 4) is 22.9 Å². The lowest BCUT2D eigenvalue weighted by Gasteiger charge is -2.23. The van der Waals surface area contributed by atoms with E-state index >= 15 is 0 Å². The molecule has 194 valence electrons. The third-order valence-corrected chi connectivity index (χ3v) is 6.12. The molecule has 7 nitrogen and oxygen atoms in total. The van der Waals surface area contributed by atoms with E-state index in [9.17, 15) is 10.1 Å². The van der Waals surface area contributed by atoms with E-state index in [4.69, 9.17) is 26.1 Å². The van der Waals surface area contributed by atoms with Crippen LogP contribution in [0, 0.1) is 18.3 Å². The monoisotopic (exact) mass is 528 g/mol. The molecule has 0 fully saturated rings. The zero-order chi connectivity index (χ0) is 27.6. The molecule has 4 rings (SSSR count). The van der Waals surface area contributed by atoms with Crippen molar-refractivity contribution in [3.05, 3.63) is 82.3 Å². The summed E-state index contributed by atoms with van der Waals surface area (Å²) in [5.74, 6) is 0.165. The summed E-state index contributed by atoms with van der Waals surface area (Å²) in [4.78, 5) is 21.8. The molecule has 0 saturated heterocycles. The average molecular weight is 529 g/mol. The number of rotatable bonds is 6. The van der Waals surface area contributed by atoms with Gasteiger partial charge in [0.25, 0.3) is 0 Å². The van der Waals surface area contributed by atoms with Crippen LogP contribution in [0.3, 0.4) is 0 Å². The number of fused-ring (bicyclic) bond motifs is 1.